The molecule has 0 aliphatic carbocycles. The van der Waals surface area contributed by atoms with E-state index >= 15 is 0 Å². The Morgan fingerprint density at radius 1 is 0.321 bits per heavy atom. The summed E-state index contributed by atoms with van der Waals surface area (Å²) in [6.45, 7) is 1.87. The number of pyridine rings is 1. The average molecular weight is 1670 g/mol. The third kappa shape index (κ3) is 13.2. The molecule has 4 aliphatic rings. The number of benzene rings is 7. The van der Waals surface area contributed by atoms with Crippen LogP contribution >= 0.6 is 75.3 Å². The summed E-state index contributed by atoms with van der Waals surface area (Å²) in [6, 6.07) is 70.2. The molecule has 0 amide bonds. The molecule has 0 fully saturated rings. The Bertz CT molecular complexity index is 5690. The van der Waals surface area contributed by atoms with Crippen LogP contribution in [0.4, 0.5) is 4.39 Å². The summed E-state index contributed by atoms with van der Waals surface area (Å²) in [7, 11) is 0. The van der Waals surface area contributed by atoms with Crippen LogP contribution < -0.4 is 0 Å². The quantitative estimate of drug-likeness (QED) is 0.143. The van der Waals surface area contributed by atoms with Crippen molar-refractivity contribution < 1.29 is 22.1 Å². The van der Waals surface area contributed by atoms with E-state index in [4.69, 9.17) is 49.2 Å². The number of aliphatic imine (C=N–C) groups is 4. The van der Waals surface area contributed by atoms with E-state index in [9.17, 15) is 4.39 Å². The van der Waals surface area contributed by atoms with Gasteiger partial charge in [0.25, 0.3) is 0 Å². The highest BCUT2D eigenvalue weighted by Gasteiger charge is 2.30. The predicted molar refractivity (Wildman–Crippen MR) is 422 cm³/mol. The second kappa shape index (κ2) is 29.5. The lowest BCUT2D eigenvalue weighted by atomic mass is 10.00. The van der Waals surface area contributed by atoms with Crippen LogP contribution in [0.1, 0.15) is 67.4 Å². The van der Waals surface area contributed by atoms with Crippen LogP contribution in [0.15, 0.2) is 330 Å². The maximum Gasteiger partial charge on any atom is 0.154 e. The topological polar surface area (TPSA) is 186 Å². The van der Waals surface area contributed by atoms with E-state index in [1.165, 1.54) is 6.07 Å². The first-order valence-corrected chi connectivity index (χ1v) is 36.9. The average Bonchev–Trinajstić information content (AvgIpc) is 1.62. The Hall–Kier alpha value is -11.5. The first kappa shape index (κ1) is 67.6. The van der Waals surface area contributed by atoms with E-state index in [-0.39, 0.29) is 5.82 Å². The van der Waals surface area contributed by atoms with Gasteiger partial charge in [-0.1, -0.05) is 142 Å². The molecule has 0 saturated carbocycles. The number of furan rings is 4. The third-order valence-electron chi connectivity index (χ3n) is 18.1. The molecule has 9 aromatic heterocycles. The number of fused-ring (bicyclic) bond motifs is 12. The van der Waals surface area contributed by atoms with Crippen molar-refractivity contribution >= 4 is 98.2 Å². The van der Waals surface area contributed by atoms with Crippen LogP contribution in [0.25, 0.3) is 68.6 Å². The van der Waals surface area contributed by atoms with E-state index in [0.29, 0.717) is 48.2 Å². The van der Waals surface area contributed by atoms with Gasteiger partial charge in [0.1, 0.15) is 53.9 Å². The first-order valence-electron chi connectivity index (χ1n) is 33.3. The molecule has 0 bridgehead atoms. The minimum atomic E-state index is -0.293. The number of hydrogen-bond donors (Lipinski definition) is 0. The second-order valence-electron chi connectivity index (χ2n) is 24.4. The van der Waals surface area contributed by atoms with Crippen LogP contribution in [0.5, 0.6) is 0 Å². The standard InChI is InChI=1S/C21H13BrClN3O.C21H13BrFN3O.C21H14BrN3O.C20H13BrN4O/c2*22-13-7-8-17-15(10-13)20(14-4-1-2-5-16(14)23)24-11-18-21(25-12-26(17)18)19-6-3-9-27-19;22-15-8-9-17-16(11-15)20(14-5-2-1-3-6-14)23-12-18-21(24-13-25(17)18)19-7-4-10-26-19;21-13-6-7-16-14(10-13)19(15-4-1-2-8-22-15)23-11-17-20(24-12-25(16)17)18-5-3-9-26-18/h2*1-10,12H,11H2;1-11,13H,12H2;1-10,12H,11H2. The van der Waals surface area contributed by atoms with E-state index in [1.54, 1.807) is 49.7 Å². The second-order valence-corrected chi connectivity index (χ2v) is 28.5. The van der Waals surface area contributed by atoms with Gasteiger partial charge in [-0.15, -0.1) is 0 Å². The van der Waals surface area contributed by atoms with Gasteiger partial charge in [0.05, 0.1) is 125 Å². The van der Waals surface area contributed by atoms with Crippen molar-refractivity contribution in [1.29, 1.82) is 0 Å². The van der Waals surface area contributed by atoms with Gasteiger partial charge in [-0.05, 0) is 152 Å². The molecule has 23 heteroatoms. The molecule has 17 nitrogen and oxygen atoms in total. The zero-order chi connectivity index (χ0) is 71.8. The van der Waals surface area contributed by atoms with Gasteiger partial charge >= 0.3 is 0 Å². The maximum absolute atomic E-state index is 14.5. The highest BCUT2D eigenvalue weighted by atomic mass is 79.9. The van der Waals surface area contributed by atoms with E-state index in [2.05, 4.69) is 151 Å². The van der Waals surface area contributed by atoms with Gasteiger partial charge in [0.2, 0.25) is 0 Å². The Balaban J connectivity index is 0.000000104. The minimum Gasteiger partial charge on any atom is -0.463 e. The van der Waals surface area contributed by atoms with Crippen molar-refractivity contribution in [2.24, 2.45) is 20.0 Å². The summed E-state index contributed by atoms with van der Waals surface area (Å²) in [5, 5.41) is 0.679. The van der Waals surface area contributed by atoms with Crippen molar-refractivity contribution in [2.45, 2.75) is 26.2 Å². The molecule has 0 unspecified atom stereocenters. The van der Waals surface area contributed by atoms with Crippen molar-refractivity contribution in [3.63, 3.8) is 0 Å². The summed E-state index contributed by atoms with van der Waals surface area (Å²) in [5.74, 6) is 2.63. The van der Waals surface area contributed by atoms with E-state index in [0.717, 1.165) is 160 Å². The molecule has 4 aliphatic heterocycles. The summed E-state index contributed by atoms with van der Waals surface area (Å²) in [4.78, 5) is 42.3. The summed E-state index contributed by atoms with van der Waals surface area (Å²) in [5.41, 5.74) is 21.7. The number of hydrogen-bond acceptors (Lipinski definition) is 13. The van der Waals surface area contributed by atoms with Crippen LogP contribution in [-0.4, -0.2) is 66.0 Å². The Labute approximate surface area is 644 Å². The lowest BCUT2D eigenvalue weighted by Crippen LogP contribution is -2.08. The Morgan fingerprint density at radius 2 is 0.670 bits per heavy atom. The van der Waals surface area contributed by atoms with E-state index < -0.39 is 0 Å². The highest BCUT2D eigenvalue weighted by Crippen LogP contribution is 2.39. The Kier molecular flexibility index (Phi) is 18.9. The van der Waals surface area contributed by atoms with Crippen LogP contribution in [-0.2, 0) is 26.2 Å². The number of nitrogens with zero attached hydrogens (tertiary/aromatic N) is 13. The predicted octanol–water partition coefficient (Wildman–Crippen LogP) is 21.2. The molecule has 0 spiro atoms. The molecule has 516 valence electrons. The van der Waals surface area contributed by atoms with Crippen molar-refractivity contribution in [1.82, 2.24) is 43.2 Å². The van der Waals surface area contributed by atoms with Crippen LogP contribution in [0, 0.1) is 5.82 Å². The molecule has 7 aromatic carbocycles. The van der Waals surface area contributed by atoms with Gasteiger partial charge in [-0.2, -0.15) is 0 Å². The van der Waals surface area contributed by atoms with Crippen molar-refractivity contribution in [3.05, 3.63) is 371 Å². The largest absolute Gasteiger partial charge is 0.463 e. The minimum absolute atomic E-state index is 0.293. The molecule has 106 heavy (non-hydrogen) atoms. The fraction of sp³-hybridized carbons (Fsp3) is 0.0482. The lowest BCUT2D eigenvalue weighted by molar-refractivity contribution is 0.579. The van der Waals surface area contributed by atoms with Crippen molar-refractivity contribution in [3.8, 4) is 68.6 Å². The molecule has 0 N–H and O–H groups in total. The fourth-order valence-electron chi connectivity index (χ4n) is 13.3. The summed E-state index contributed by atoms with van der Waals surface area (Å²) < 4.78 is 48.9. The summed E-state index contributed by atoms with van der Waals surface area (Å²) >= 11 is 20.8. The van der Waals surface area contributed by atoms with Gasteiger partial charge < -0.3 is 17.7 Å². The monoisotopic (exact) mass is 1670 g/mol. The molecule has 0 saturated heterocycles. The van der Waals surface area contributed by atoms with Gasteiger partial charge in [-0.3, -0.25) is 43.2 Å². The zero-order valence-corrected chi connectivity index (χ0v) is 62.6. The third-order valence-corrected chi connectivity index (χ3v) is 20.4. The summed E-state index contributed by atoms with van der Waals surface area (Å²) in [6.07, 6.45) is 15.7. The first-order chi connectivity index (χ1) is 52.1. The Morgan fingerprint density at radius 3 is 1.06 bits per heavy atom. The van der Waals surface area contributed by atoms with Gasteiger partial charge in [0.15, 0.2) is 23.0 Å². The van der Waals surface area contributed by atoms with Gasteiger partial charge in [0, 0.05) is 68.1 Å². The van der Waals surface area contributed by atoms with Crippen molar-refractivity contribution in [2.75, 3.05) is 0 Å². The van der Waals surface area contributed by atoms with E-state index in [1.807, 2.05) is 175 Å². The van der Waals surface area contributed by atoms with Crippen LogP contribution in [0.3, 0.4) is 0 Å². The fourth-order valence-corrected chi connectivity index (χ4v) is 15.0. The molecular weight excluding hydrogens is 1620 g/mol. The van der Waals surface area contributed by atoms with Crippen LogP contribution in [0.2, 0.25) is 5.02 Å². The number of halogens is 6. The number of rotatable bonds is 8. The molecule has 16 aromatic rings. The van der Waals surface area contributed by atoms with Gasteiger partial charge in [-0.25, -0.2) is 24.3 Å². The number of aromatic nitrogens is 9. The molecule has 0 radical (unpaired) electrons. The smallest absolute Gasteiger partial charge is 0.154 e. The zero-order valence-electron chi connectivity index (χ0n) is 55.5. The molecule has 13 heterocycles. The lowest BCUT2D eigenvalue weighted by Gasteiger charge is -2.13. The number of imidazole rings is 4. The maximum atomic E-state index is 14.5. The normalized spacial score (nSPS) is 12.9. The molecular formula is C83H53Br4ClFN13O4. The highest BCUT2D eigenvalue weighted by molar-refractivity contribution is 9.11. The molecule has 20 rings (SSSR count). The SMILES string of the molecule is Brc1ccc2c(c1)C(c1ccccc1)=NCc1c(-c3ccco3)ncn1-2.Brc1ccc2c(c1)C(c1ccccn1)=NCc1c(-c3ccco3)ncn1-2.Clc1ccccc1C1=NCc2c(-c3ccco3)ncn2-c2ccc(Br)cc21.Fc1ccccc1C1=NCc2c(-c3ccco3)ncn2-c2ccc(Br)cc21. The molecule has 0 atom stereocenters.